The number of allylic oxidation sites excluding steroid dienone is 2. The summed E-state index contributed by atoms with van der Waals surface area (Å²) < 4.78 is 0. The molecule has 0 radical (unpaired) electrons. The molecule has 0 bridgehead atoms. The molecule has 2 nitrogen and oxygen atoms in total. The number of carbonyl (C=O) groups excluding carboxylic acids is 1. The van der Waals surface area contributed by atoms with E-state index in [4.69, 9.17) is 5.26 Å². The Morgan fingerprint density at radius 3 is 2.42 bits per heavy atom. The monoisotopic (exact) mass is 163 g/mol. The lowest BCUT2D eigenvalue weighted by Crippen LogP contribution is -2.03. The van der Waals surface area contributed by atoms with Crippen molar-refractivity contribution in [3.63, 3.8) is 0 Å². The van der Waals surface area contributed by atoms with E-state index in [-0.39, 0.29) is 11.7 Å². The van der Waals surface area contributed by atoms with E-state index in [0.717, 1.165) is 5.57 Å². The van der Waals surface area contributed by atoms with Gasteiger partial charge in [-0.1, -0.05) is 11.6 Å². The molecule has 12 heavy (non-hydrogen) atoms. The largest absolute Gasteiger partial charge is 0.300 e. The number of nitriles is 1. The fourth-order valence-corrected chi connectivity index (χ4v) is 1.62. The molecule has 1 rings (SSSR count). The van der Waals surface area contributed by atoms with Gasteiger partial charge in [0.05, 0.1) is 11.5 Å². The van der Waals surface area contributed by atoms with E-state index in [0.29, 0.717) is 6.42 Å². The Bertz CT molecular complexity index is 281. The molecule has 0 aromatic rings. The molecule has 0 aromatic carbocycles. The van der Waals surface area contributed by atoms with E-state index < -0.39 is 5.41 Å². The van der Waals surface area contributed by atoms with Crippen LogP contribution < -0.4 is 0 Å². The number of hydrogen-bond acceptors (Lipinski definition) is 2. The molecule has 1 fully saturated rings. The lowest BCUT2D eigenvalue weighted by Gasteiger charge is -1.99. The number of ketones is 1. The standard InChI is InChI=1S/C10H13NO/c1-7(2)4-10(6-11)5-9(10)8(3)12/h4,9H,5H2,1-3H3/t9-,10+/m0/s1. The highest BCUT2D eigenvalue weighted by molar-refractivity contribution is 5.83. The van der Waals surface area contributed by atoms with Gasteiger partial charge in [-0.2, -0.15) is 5.26 Å². The van der Waals surface area contributed by atoms with Crippen LogP contribution in [0.5, 0.6) is 0 Å². The van der Waals surface area contributed by atoms with Gasteiger partial charge in [0.1, 0.15) is 5.78 Å². The van der Waals surface area contributed by atoms with E-state index in [1.165, 1.54) is 0 Å². The topological polar surface area (TPSA) is 40.9 Å². The maximum atomic E-state index is 11.0. The molecule has 2 heteroatoms. The van der Waals surface area contributed by atoms with Crippen LogP contribution in [0.4, 0.5) is 0 Å². The van der Waals surface area contributed by atoms with Gasteiger partial charge in [-0.3, -0.25) is 4.79 Å². The number of hydrogen-bond donors (Lipinski definition) is 0. The summed E-state index contributed by atoms with van der Waals surface area (Å²) in [6, 6.07) is 2.22. The van der Waals surface area contributed by atoms with Crippen LogP contribution in [0, 0.1) is 22.7 Å². The Labute approximate surface area is 72.9 Å². The molecule has 2 atom stereocenters. The van der Waals surface area contributed by atoms with Gasteiger partial charge in [0.2, 0.25) is 0 Å². The third-order valence-electron chi connectivity index (χ3n) is 2.25. The van der Waals surface area contributed by atoms with Gasteiger partial charge in [0.25, 0.3) is 0 Å². The normalized spacial score (nSPS) is 32.0. The maximum Gasteiger partial charge on any atom is 0.134 e. The average molecular weight is 163 g/mol. The lowest BCUT2D eigenvalue weighted by molar-refractivity contribution is -0.118. The molecular weight excluding hydrogens is 150 g/mol. The van der Waals surface area contributed by atoms with Crippen LogP contribution >= 0.6 is 0 Å². The zero-order valence-corrected chi connectivity index (χ0v) is 7.72. The second-order valence-corrected chi connectivity index (χ2v) is 3.74. The minimum atomic E-state index is -0.454. The second-order valence-electron chi connectivity index (χ2n) is 3.74. The van der Waals surface area contributed by atoms with E-state index in [2.05, 4.69) is 6.07 Å². The molecule has 64 valence electrons. The van der Waals surface area contributed by atoms with Gasteiger partial charge in [-0.15, -0.1) is 0 Å². The third kappa shape index (κ3) is 1.40. The molecule has 0 spiro atoms. The van der Waals surface area contributed by atoms with Crippen LogP contribution in [0.25, 0.3) is 0 Å². The Kier molecular flexibility index (Phi) is 2.06. The Balaban J connectivity index is 2.81. The number of Topliss-reactive ketones (excluding diaryl/α,β-unsaturated/α-hetero) is 1. The first-order valence-corrected chi connectivity index (χ1v) is 4.09. The summed E-state index contributed by atoms with van der Waals surface area (Å²) in [6.07, 6.45) is 2.63. The van der Waals surface area contributed by atoms with E-state index in [1.807, 2.05) is 19.9 Å². The van der Waals surface area contributed by atoms with Crippen LogP contribution in [0.3, 0.4) is 0 Å². The summed E-state index contributed by atoms with van der Waals surface area (Å²) in [5.41, 5.74) is 0.658. The van der Waals surface area contributed by atoms with Crippen molar-refractivity contribution in [2.24, 2.45) is 11.3 Å². The summed E-state index contributed by atoms with van der Waals surface area (Å²) in [7, 11) is 0. The predicted molar refractivity (Wildman–Crippen MR) is 46.3 cm³/mol. The van der Waals surface area contributed by atoms with Gasteiger partial charge in [-0.05, 0) is 27.2 Å². The first kappa shape index (κ1) is 8.99. The first-order valence-electron chi connectivity index (χ1n) is 4.09. The van der Waals surface area contributed by atoms with Crippen LogP contribution in [-0.4, -0.2) is 5.78 Å². The Morgan fingerprint density at radius 1 is 1.58 bits per heavy atom. The fraction of sp³-hybridized carbons (Fsp3) is 0.600. The molecule has 0 unspecified atom stereocenters. The third-order valence-corrected chi connectivity index (χ3v) is 2.25. The number of rotatable bonds is 2. The highest BCUT2D eigenvalue weighted by Crippen LogP contribution is 2.54. The molecule has 0 aliphatic heterocycles. The van der Waals surface area contributed by atoms with Crippen LogP contribution in [0.2, 0.25) is 0 Å². The molecule has 1 aliphatic rings. The SMILES string of the molecule is CC(=O)[C@@H]1C[C@@]1(C#N)C=C(C)C. The average Bonchev–Trinajstić information content (AvgIpc) is 2.63. The quantitative estimate of drug-likeness (QED) is 0.585. The summed E-state index contributed by atoms with van der Waals surface area (Å²) >= 11 is 0. The molecule has 1 aliphatic carbocycles. The van der Waals surface area contributed by atoms with Crippen molar-refractivity contribution in [1.82, 2.24) is 0 Å². The smallest absolute Gasteiger partial charge is 0.134 e. The van der Waals surface area contributed by atoms with Crippen molar-refractivity contribution < 1.29 is 4.79 Å². The van der Waals surface area contributed by atoms with Crippen LogP contribution in [-0.2, 0) is 4.79 Å². The Hall–Kier alpha value is -1.10. The lowest BCUT2D eigenvalue weighted by atomic mass is 10.0. The number of nitrogens with zero attached hydrogens (tertiary/aromatic N) is 1. The van der Waals surface area contributed by atoms with Crippen molar-refractivity contribution in [2.75, 3.05) is 0 Å². The van der Waals surface area contributed by atoms with Gasteiger partial charge < -0.3 is 0 Å². The summed E-state index contributed by atoms with van der Waals surface area (Å²) in [4.78, 5) is 11.0. The zero-order valence-electron chi connectivity index (χ0n) is 7.72. The molecule has 0 aromatic heterocycles. The molecule has 1 saturated carbocycles. The highest BCUT2D eigenvalue weighted by Gasteiger charge is 2.55. The van der Waals surface area contributed by atoms with Crippen molar-refractivity contribution in [3.05, 3.63) is 11.6 Å². The molecular formula is C10H13NO. The van der Waals surface area contributed by atoms with Crippen molar-refractivity contribution in [3.8, 4) is 6.07 Å². The molecule has 0 heterocycles. The van der Waals surface area contributed by atoms with Crippen molar-refractivity contribution in [2.45, 2.75) is 27.2 Å². The van der Waals surface area contributed by atoms with Crippen molar-refractivity contribution in [1.29, 1.82) is 5.26 Å². The fourth-order valence-electron chi connectivity index (χ4n) is 1.62. The molecule has 0 N–H and O–H groups in total. The van der Waals surface area contributed by atoms with E-state index >= 15 is 0 Å². The summed E-state index contributed by atoms with van der Waals surface area (Å²) in [5, 5.41) is 8.88. The summed E-state index contributed by atoms with van der Waals surface area (Å²) in [6.45, 7) is 5.46. The predicted octanol–water partition coefficient (Wildman–Crippen LogP) is 2.07. The van der Waals surface area contributed by atoms with Crippen LogP contribution in [0.15, 0.2) is 11.6 Å². The molecule has 0 amide bonds. The maximum absolute atomic E-state index is 11.0. The summed E-state index contributed by atoms with van der Waals surface area (Å²) in [5.74, 6) is 0.0893. The van der Waals surface area contributed by atoms with Gasteiger partial charge >= 0.3 is 0 Å². The minimum Gasteiger partial charge on any atom is -0.300 e. The number of carbonyl (C=O) groups is 1. The van der Waals surface area contributed by atoms with Gasteiger partial charge in [0.15, 0.2) is 0 Å². The van der Waals surface area contributed by atoms with Crippen LogP contribution in [0.1, 0.15) is 27.2 Å². The van der Waals surface area contributed by atoms with E-state index in [9.17, 15) is 4.79 Å². The molecule has 0 saturated heterocycles. The Morgan fingerprint density at radius 2 is 2.17 bits per heavy atom. The highest BCUT2D eigenvalue weighted by atomic mass is 16.1. The van der Waals surface area contributed by atoms with Crippen molar-refractivity contribution >= 4 is 5.78 Å². The first-order chi connectivity index (χ1) is 5.52. The van der Waals surface area contributed by atoms with E-state index in [1.54, 1.807) is 6.92 Å². The van der Waals surface area contributed by atoms with Gasteiger partial charge in [-0.25, -0.2) is 0 Å². The van der Waals surface area contributed by atoms with Gasteiger partial charge in [0, 0.05) is 5.92 Å². The zero-order chi connectivity index (χ0) is 9.35. The second kappa shape index (κ2) is 2.75. The minimum absolute atomic E-state index is 0.0441.